The molecule has 1 aliphatic rings. The van der Waals surface area contributed by atoms with Gasteiger partial charge in [0.15, 0.2) is 0 Å². The lowest BCUT2D eigenvalue weighted by Crippen LogP contribution is -2.45. The van der Waals surface area contributed by atoms with Crippen molar-refractivity contribution in [2.75, 3.05) is 24.3 Å². The van der Waals surface area contributed by atoms with Gasteiger partial charge in [0.1, 0.15) is 11.9 Å². The van der Waals surface area contributed by atoms with Gasteiger partial charge in [-0.2, -0.15) is 5.10 Å². The third kappa shape index (κ3) is 5.56. The first-order valence-electron chi connectivity index (χ1n) is 10.7. The number of anilines is 2. The zero-order valence-electron chi connectivity index (χ0n) is 18.9. The smallest absolute Gasteiger partial charge is 0.449 e. The van der Waals surface area contributed by atoms with Crippen molar-refractivity contribution in [1.29, 1.82) is 0 Å². The normalized spacial score (nSPS) is 17.0. The molecule has 3 amide bonds. The van der Waals surface area contributed by atoms with E-state index in [1.54, 1.807) is 24.3 Å². The third-order valence-electron chi connectivity index (χ3n) is 5.51. The first-order valence-corrected chi connectivity index (χ1v) is 11.0. The van der Waals surface area contributed by atoms with Gasteiger partial charge in [0, 0.05) is 42.9 Å². The maximum absolute atomic E-state index is 14.9. The van der Waals surface area contributed by atoms with Gasteiger partial charge in [0.2, 0.25) is 11.8 Å². The molecule has 0 radical (unpaired) electrons. The van der Waals surface area contributed by atoms with Gasteiger partial charge in [-0.1, -0.05) is 11.6 Å². The highest BCUT2D eigenvalue weighted by Gasteiger charge is 2.40. The monoisotopic (exact) mass is 517 g/mol. The molecular weight excluding hydrogens is 497 g/mol. The summed E-state index contributed by atoms with van der Waals surface area (Å²) in [7, 11) is 1.48. The number of halogens is 2. The van der Waals surface area contributed by atoms with Crippen molar-refractivity contribution in [3.63, 3.8) is 0 Å². The minimum Gasteiger partial charge on any atom is -0.449 e. The largest absolute Gasteiger partial charge is 0.512 e. The maximum atomic E-state index is 14.9. The van der Waals surface area contributed by atoms with E-state index in [-0.39, 0.29) is 36.3 Å². The Kier molecular flexibility index (Phi) is 7.36. The van der Waals surface area contributed by atoms with E-state index in [4.69, 9.17) is 21.4 Å². The predicted octanol–water partition coefficient (Wildman–Crippen LogP) is 3.98. The van der Waals surface area contributed by atoms with Crippen LogP contribution in [0.25, 0.3) is 5.69 Å². The Hall–Kier alpha value is -4.16. The van der Waals surface area contributed by atoms with Crippen molar-refractivity contribution in [2.45, 2.75) is 18.6 Å². The number of methoxy groups -OCH3 is 1. The molecule has 0 bridgehead atoms. The van der Waals surface area contributed by atoms with Crippen LogP contribution in [0.1, 0.15) is 6.42 Å². The second-order valence-corrected chi connectivity index (χ2v) is 8.24. The maximum Gasteiger partial charge on any atom is 0.512 e. The Morgan fingerprint density at radius 1 is 1.14 bits per heavy atom. The summed E-state index contributed by atoms with van der Waals surface area (Å²) in [6.07, 6.45) is -0.408. The number of carboxylic acid groups (broad SMARTS) is 1. The van der Waals surface area contributed by atoms with E-state index < -0.39 is 30.0 Å². The summed E-state index contributed by atoms with van der Waals surface area (Å²) in [6.45, 7) is 0.168. The number of hydrogen-bond donors (Lipinski definition) is 3. The number of nitrogens with one attached hydrogen (secondary N) is 2. The van der Waals surface area contributed by atoms with E-state index >= 15 is 0 Å². The van der Waals surface area contributed by atoms with Gasteiger partial charge >= 0.3 is 12.2 Å². The molecule has 36 heavy (non-hydrogen) atoms. The van der Waals surface area contributed by atoms with Crippen LogP contribution in [-0.4, -0.2) is 63.7 Å². The number of rotatable bonds is 6. The van der Waals surface area contributed by atoms with Crippen molar-refractivity contribution in [3.05, 3.63) is 65.6 Å². The summed E-state index contributed by atoms with van der Waals surface area (Å²) in [5, 5.41) is 18.5. The summed E-state index contributed by atoms with van der Waals surface area (Å²) in [6, 6.07) is 10.2. The van der Waals surface area contributed by atoms with E-state index in [0.717, 1.165) is 10.7 Å². The fourth-order valence-corrected chi connectivity index (χ4v) is 3.90. The molecule has 3 N–H and O–H groups in total. The molecule has 0 spiro atoms. The number of aromatic nitrogens is 2. The molecule has 2 atom stereocenters. The second kappa shape index (κ2) is 10.6. The number of hydrogen-bond acceptors (Lipinski definition) is 6. The van der Waals surface area contributed by atoms with E-state index in [0.29, 0.717) is 10.7 Å². The zero-order chi connectivity index (χ0) is 25.8. The summed E-state index contributed by atoms with van der Waals surface area (Å²) in [4.78, 5) is 38.1. The average molecular weight is 518 g/mol. The Balaban J connectivity index is 1.48. The number of likely N-dealkylation sites (tertiary alicyclic amines) is 1. The van der Waals surface area contributed by atoms with Crippen LogP contribution < -0.4 is 15.4 Å². The molecule has 13 heteroatoms. The summed E-state index contributed by atoms with van der Waals surface area (Å²) < 4.78 is 25.9. The second-order valence-electron chi connectivity index (χ2n) is 7.80. The van der Waals surface area contributed by atoms with E-state index in [1.807, 2.05) is 0 Å². The standard InChI is InChI=1S/C23H21ClFN5O6/c1-35-16-11-19(29(12-16)22(32)27-14-4-2-13(24)3-5-14)21(31)28-18-7-6-15(10-17(18)25)30-20(8-9-26-30)36-23(33)34/h2-10,16,19H,11-12H2,1H3,(H,27,32)(H,28,31)(H,33,34)/t16-,19-/m1/s1. The van der Waals surface area contributed by atoms with Crippen molar-refractivity contribution < 1.29 is 33.4 Å². The minimum absolute atomic E-state index is 0.127. The molecule has 2 heterocycles. The first kappa shape index (κ1) is 24.9. The van der Waals surface area contributed by atoms with Gasteiger partial charge in [-0.3, -0.25) is 4.79 Å². The lowest BCUT2D eigenvalue weighted by Gasteiger charge is -2.24. The van der Waals surface area contributed by atoms with Crippen molar-refractivity contribution >= 4 is 41.1 Å². The molecule has 4 rings (SSSR count). The molecule has 1 aromatic heterocycles. The molecule has 1 aliphatic heterocycles. The topological polar surface area (TPSA) is 135 Å². The summed E-state index contributed by atoms with van der Waals surface area (Å²) in [5.41, 5.74) is 0.544. The Morgan fingerprint density at radius 3 is 2.56 bits per heavy atom. The zero-order valence-corrected chi connectivity index (χ0v) is 19.6. The number of amides is 3. The molecule has 1 fully saturated rings. The molecule has 2 aromatic carbocycles. The number of benzene rings is 2. The Bertz CT molecular complexity index is 1280. The lowest BCUT2D eigenvalue weighted by atomic mass is 10.1. The molecule has 0 unspecified atom stereocenters. The molecule has 0 aliphatic carbocycles. The van der Waals surface area contributed by atoms with Gasteiger partial charge in [-0.05, 0) is 36.4 Å². The molecule has 1 saturated heterocycles. The van der Waals surface area contributed by atoms with Crippen molar-refractivity contribution in [1.82, 2.24) is 14.7 Å². The van der Waals surface area contributed by atoms with Crippen LogP contribution in [0, 0.1) is 5.82 Å². The molecule has 11 nitrogen and oxygen atoms in total. The van der Waals surface area contributed by atoms with Gasteiger partial charge < -0.3 is 30.1 Å². The number of ether oxygens (including phenoxy) is 2. The third-order valence-corrected chi connectivity index (χ3v) is 5.76. The molecule has 3 aromatic rings. The van der Waals surface area contributed by atoms with E-state index in [9.17, 15) is 18.8 Å². The van der Waals surface area contributed by atoms with E-state index in [2.05, 4.69) is 20.5 Å². The Labute approximate surface area is 209 Å². The van der Waals surface area contributed by atoms with Crippen LogP contribution in [0.4, 0.5) is 25.4 Å². The highest BCUT2D eigenvalue weighted by Crippen LogP contribution is 2.26. The van der Waals surface area contributed by atoms with Gasteiger partial charge in [-0.15, -0.1) is 0 Å². The van der Waals surface area contributed by atoms with Crippen LogP contribution in [0.3, 0.4) is 0 Å². The summed E-state index contributed by atoms with van der Waals surface area (Å²) in [5.74, 6) is -1.52. The van der Waals surface area contributed by atoms with Gasteiger partial charge in [0.05, 0.1) is 23.7 Å². The number of nitrogens with zero attached hydrogens (tertiary/aromatic N) is 3. The van der Waals surface area contributed by atoms with Crippen LogP contribution in [-0.2, 0) is 9.53 Å². The number of carbonyl (C=O) groups is 3. The number of urea groups is 1. The van der Waals surface area contributed by atoms with Crippen LogP contribution in [0.5, 0.6) is 5.88 Å². The number of carbonyl (C=O) groups excluding carboxylic acids is 2. The fourth-order valence-electron chi connectivity index (χ4n) is 3.77. The van der Waals surface area contributed by atoms with Gasteiger partial charge in [0.25, 0.3) is 0 Å². The summed E-state index contributed by atoms with van der Waals surface area (Å²) >= 11 is 5.88. The average Bonchev–Trinajstić information content (AvgIpc) is 3.48. The predicted molar refractivity (Wildman–Crippen MR) is 127 cm³/mol. The minimum atomic E-state index is -1.54. The SMILES string of the molecule is CO[C@@H]1C[C@H](C(=O)Nc2ccc(-n3nccc3OC(=O)O)cc2F)N(C(=O)Nc2ccc(Cl)cc2)C1. The first-order chi connectivity index (χ1) is 17.2. The van der Waals surface area contributed by atoms with E-state index in [1.165, 1.54) is 36.4 Å². The highest BCUT2D eigenvalue weighted by atomic mass is 35.5. The fraction of sp³-hybridized carbons (Fsp3) is 0.217. The van der Waals surface area contributed by atoms with Crippen molar-refractivity contribution in [2.24, 2.45) is 0 Å². The lowest BCUT2D eigenvalue weighted by molar-refractivity contribution is -0.119. The highest BCUT2D eigenvalue weighted by molar-refractivity contribution is 6.30. The molecule has 0 saturated carbocycles. The molecular formula is C23H21ClFN5O6. The molecule has 188 valence electrons. The van der Waals surface area contributed by atoms with Crippen LogP contribution in [0.2, 0.25) is 5.02 Å². The Morgan fingerprint density at radius 2 is 1.89 bits per heavy atom. The van der Waals surface area contributed by atoms with Crippen molar-refractivity contribution in [3.8, 4) is 11.6 Å². The van der Waals surface area contributed by atoms with Crippen LogP contribution in [0.15, 0.2) is 54.7 Å². The van der Waals surface area contributed by atoms with Gasteiger partial charge in [-0.25, -0.2) is 18.7 Å². The van der Waals surface area contributed by atoms with Crippen LogP contribution >= 0.6 is 11.6 Å². The quantitative estimate of drug-likeness (QED) is 0.421.